The second kappa shape index (κ2) is 10.4. The van der Waals surface area contributed by atoms with Crippen molar-refractivity contribution in [3.05, 3.63) is 123 Å². The minimum Gasteiger partial charge on any atom is -0.457 e. The van der Waals surface area contributed by atoms with Crippen molar-refractivity contribution >= 4 is 23.2 Å². The lowest BCUT2D eigenvalue weighted by Crippen LogP contribution is -2.16. The highest BCUT2D eigenvalue weighted by Gasteiger charge is 2.43. The third-order valence-corrected chi connectivity index (χ3v) is 9.23. The molecule has 0 spiro atoms. The van der Waals surface area contributed by atoms with E-state index in [0.29, 0.717) is 23.7 Å². The van der Waals surface area contributed by atoms with Crippen LogP contribution in [0.4, 0.5) is 0 Å². The highest BCUT2D eigenvalue weighted by atomic mass is 35.5. The number of likely N-dealkylation sites (tertiary alicyclic amines) is 2. The van der Waals surface area contributed by atoms with E-state index in [4.69, 9.17) is 32.7 Å². The van der Waals surface area contributed by atoms with E-state index in [1.54, 1.807) is 0 Å². The molecular formula is C34H31Cl2N2O2+. The molecule has 8 rings (SSSR count). The van der Waals surface area contributed by atoms with Crippen molar-refractivity contribution in [3.8, 4) is 17.2 Å². The van der Waals surface area contributed by atoms with Crippen LogP contribution in [0.25, 0.3) is 0 Å². The first-order chi connectivity index (χ1) is 19.4. The molecule has 5 aliphatic rings. The molecule has 4 heterocycles. The quantitative estimate of drug-likeness (QED) is 0.258. The van der Waals surface area contributed by atoms with Crippen LogP contribution >= 0.6 is 23.2 Å². The molecule has 2 saturated heterocycles. The molecule has 202 valence electrons. The summed E-state index contributed by atoms with van der Waals surface area (Å²) in [5.74, 6) is 5.65. The highest BCUT2D eigenvalue weighted by molar-refractivity contribution is 6.31. The molecule has 3 aromatic carbocycles. The van der Waals surface area contributed by atoms with E-state index in [1.807, 2.05) is 42.5 Å². The number of halogens is 2. The predicted molar refractivity (Wildman–Crippen MR) is 161 cm³/mol. The van der Waals surface area contributed by atoms with Gasteiger partial charge in [-0.2, -0.15) is 0 Å². The molecule has 0 unspecified atom stereocenters. The van der Waals surface area contributed by atoms with Crippen LogP contribution in [0, 0.1) is 12.0 Å². The monoisotopic (exact) mass is 569 g/mol. The van der Waals surface area contributed by atoms with Crippen molar-refractivity contribution in [3.63, 3.8) is 0 Å². The number of allylic oxidation sites excluding steroid dienone is 4. The van der Waals surface area contributed by atoms with Gasteiger partial charge in [-0.3, -0.25) is 0 Å². The SMILES string of the molecule is CN1C[C@@H]2c3ccccc3Oc3ccc(Cl)cc3[C@@H]2C1.CN1C[C@H]2C3=C(C=C[C+]=C3)Oc3ccc(Cl)cc3[C@@H]2C1. The lowest BCUT2D eigenvalue weighted by molar-refractivity contribution is 0.392. The number of hydrogen-bond acceptors (Lipinski definition) is 4. The molecule has 0 bridgehead atoms. The summed E-state index contributed by atoms with van der Waals surface area (Å²) in [6.07, 6.45) is 9.18. The number of ether oxygens (including phenoxy) is 2. The zero-order chi connectivity index (χ0) is 27.4. The molecular weight excluding hydrogens is 539 g/mol. The Morgan fingerprint density at radius 2 is 1.23 bits per heavy atom. The molecule has 2 fully saturated rings. The van der Waals surface area contributed by atoms with Crippen molar-refractivity contribution < 1.29 is 9.47 Å². The van der Waals surface area contributed by atoms with Gasteiger partial charge in [-0.05, 0) is 62.1 Å². The van der Waals surface area contributed by atoms with Gasteiger partial charge in [0, 0.05) is 71.2 Å². The minimum absolute atomic E-state index is 0.436. The predicted octanol–water partition coefficient (Wildman–Crippen LogP) is 7.82. The molecule has 0 aromatic heterocycles. The standard InChI is InChI=1S/C17H16ClNO.C17H15ClNO/c2*1-19-9-14-12-4-2-3-5-16(12)20-17-7-6-11(18)8-13(17)15(14)10-19/h2-8,14-15H,9-10H2,1H3;3-8,14-15H,9-10H2,1H3/q;+1/t14-,15+;14-,15-/m10/s1. The maximum Gasteiger partial charge on any atom is 0.242 e. The van der Waals surface area contributed by atoms with Crippen LogP contribution in [0.3, 0.4) is 0 Å². The fourth-order valence-corrected chi connectivity index (χ4v) is 7.36. The number of para-hydroxylation sites is 1. The third kappa shape index (κ3) is 4.64. The lowest BCUT2D eigenvalue weighted by atomic mass is 9.83. The van der Waals surface area contributed by atoms with Crippen LogP contribution in [0.15, 0.2) is 90.2 Å². The molecule has 4 nitrogen and oxygen atoms in total. The smallest absolute Gasteiger partial charge is 0.242 e. The summed E-state index contributed by atoms with van der Waals surface area (Å²) in [4.78, 5) is 4.77. The summed E-state index contributed by atoms with van der Waals surface area (Å²) >= 11 is 12.4. The Kier molecular flexibility index (Phi) is 6.70. The molecule has 0 amide bonds. The molecule has 1 aliphatic carbocycles. The molecule has 40 heavy (non-hydrogen) atoms. The maximum absolute atomic E-state index is 6.20. The van der Waals surface area contributed by atoms with E-state index in [-0.39, 0.29) is 0 Å². The normalized spacial score (nSPS) is 25.8. The van der Waals surface area contributed by atoms with Gasteiger partial charge in [0.1, 0.15) is 35.0 Å². The van der Waals surface area contributed by atoms with Gasteiger partial charge >= 0.3 is 0 Å². The molecule has 3 aromatic rings. The van der Waals surface area contributed by atoms with Crippen LogP contribution in [-0.2, 0) is 0 Å². The fraction of sp³-hybridized carbons (Fsp3) is 0.294. The first kappa shape index (κ1) is 25.8. The Morgan fingerprint density at radius 1 is 0.675 bits per heavy atom. The largest absolute Gasteiger partial charge is 0.457 e. The number of hydrogen-bond donors (Lipinski definition) is 0. The molecule has 0 saturated carbocycles. The summed E-state index contributed by atoms with van der Waals surface area (Å²) in [5, 5.41) is 1.56. The molecule has 6 heteroatoms. The molecule has 4 atom stereocenters. The first-order valence-electron chi connectivity index (χ1n) is 13.8. The van der Waals surface area contributed by atoms with Crippen molar-refractivity contribution in [1.82, 2.24) is 9.80 Å². The van der Waals surface area contributed by atoms with Gasteiger partial charge < -0.3 is 19.3 Å². The second-order valence-electron chi connectivity index (χ2n) is 11.4. The van der Waals surface area contributed by atoms with Gasteiger partial charge in [0.25, 0.3) is 0 Å². The molecule has 0 radical (unpaired) electrons. The van der Waals surface area contributed by atoms with E-state index in [2.05, 4.69) is 66.4 Å². The summed E-state index contributed by atoms with van der Waals surface area (Å²) in [6.45, 7) is 4.20. The summed E-state index contributed by atoms with van der Waals surface area (Å²) in [5.41, 5.74) is 5.04. The van der Waals surface area contributed by atoms with Crippen molar-refractivity contribution in [1.29, 1.82) is 0 Å². The lowest BCUT2D eigenvalue weighted by Gasteiger charge is -2.17. The third-order valence-electron chi connectivity index (χ3n) is 8.76. The zero-order valence-electron chi connectivity index (χ0n) is 22.6. The summed E-state index contributed by atoms with van der Waals surface area (Å²) < 4.78 is 12.3. The van der Waals surface area contributed by atoms with Gasteiger partial charge in [-0.25, -0.2) is 0 Å². The van der Waals surface area contributed by atoms with Crippen molar-refractivity contribution in [2.24, 2.45) is 5.92 Å². The minimum atomic E-state index is 0.436. The van der Waals surface area contributed by atoms with Gasteiger partial charge in [-0.15, -0.1) is 0 Å². The number of rotatable bonds is 0. The number of likely N-dealkylation sites (N-methyl/N-ethyl adjacent to an activating group) is 2. The van der Waals surface area contributed by atoms with E-state index in [0.717, 1.165) is 59.2 Å². The van der Waals surface area contributed by atoms with E-state index >= 15 is 0 Å². The Labute approximate surface area is 246 Å². The first-order valence-corrected chi connectivity index (χ1v) is 14.6. The summed E-state index contributed by atoms with van der Waals surface area (Å²) in [6, 6.07) is 20.3. The highest BCUT2D eigenvalue weighted by Crippen LogP contribution is 2.50. The Hall–Kier alpha value is -3.11. The van der Waals surface area contributed by atoms with Gasteiger partial charge in [-0.1, -0.05) is 41.4 Å². The van der Waals surface area contributed by atoms with E-state index < -0.39 is 0 Å². The Balaban J connectivity index is 0.000000132. The van der Waals surface area contributed by atoms with Crippen LogP contribution in [-0.4, -0.2) is 50.1 Å². The summed E-state index contributed by atoms with van der Waals surface area (Å²) in [7, 11) is 4.36. The molecule has 4 aliphatic heterocycles. The van der Waals surface area contributed by atoms with E-state index in [1.165, 1.54) is 22.3 Å². The van der Waals surface area contributed by atoms with Crippen LogP contribution in [0.5, 0.6) is 17.2 Å². The van der Waals surface area contributed by atoms with Gasteiger partial charge in [0.2, 0.25) is 5.76 Å². The second-order valence-corrected chi connectivity index (χ2v) is 12.3. The van der Waals surface area contributed by atoms with E-state index in [9.17, 15) is 0 Å². The van der Waals surface area contributed by atoms with Crippen LogP contribution in [0.1, 0.15) is 34.4 Å². The number of fused-ring (bicyclic) bond motifs is 9. The zero-order valence-corrected chi connectivity index (χ0v) is 24.1. The van der Waals surface area contributed by atoms with Crippen molar-refractivity contribution in [2.45, 2.75) is 17.8 Å². The average Bonchev–Trinajstić information content (AvgIpc) is 3.47. The topological polar surface area (TPSA) is 24.9 Å². The molecule has 0 N–H and O–H groups in total. The Morgan fingerprint density at radius 3 is 1.93 bits per heavy atom. The maximum atomic E-state index is 6.20. The number of nitrogens with zero attached hydrogens (tertiary/aromatic N) is 2. The van der Waals surface area contributed by atoms with Gasteiger partial charge in [0.15, 0.2) is 0 Å². The fourth-order valence-electron chi connectivity index (χ4n) is 6.99. The van der Waals surface area contributed by atoms with Crippen LogP contribution < -0.4 is 9.47 Å². The van der Waals surface area contributed by atoms with Gasteiger partial charge in [0.05, 0.1) is 12.0 Å². The van der Waals surface area contributed by atoms with Crippen LogP contribution in [0.2, 0.25) is 10.0 Å². The average molecular weight is 571 g/mol. The Bertz CT molecular complexity index is 1560. The number of benzene rings is 3. The van der Waals surface area contributed by atoms with Crippen molar-refractivity contribution in [2.75, 3.05) is 40.3 Å².